The van der Waals surface area contributed by atoms with Crippen molar-refractivity contribution >= 4 is 17.9 Å². The maximum atomic E-state index is 12.5. The van der Waals surface area contributed by atoms with Gasteiger partial charge in [0.25, 0.3) is 5.91 Å². The Morgan fingerprint density at radius 1 is 1.17 bits per heavy atom. The van der Waals surface area contributed by atoms with Gasteiger partial charge in [0.15, 0.2) is 12.4 Å². The molecule has 0 radical (unpaired) electrons. The first-order valence-electron chi connectivity index (χ1n) is 7.19. The minimum absolute atomic E-state index is 0.205. The highest BCUT2D eigenvalue weighted by Crippen LogP contribution is 2.24. The number of carbonyl (C=O) groups excluding carboxylic acids is 2. The smallest absolute Gasteiger partial charge is 0.267 e. The van der Waals surface area contributed by atoms with Crippen molar-refractivity contribution in [1.29, 1.82) is 0 Å². The van der Waals surface area contributed by atoms with Gasteiger partial charge in [-0.3, -0.25) is 9.59 Å². The third-order valence-corrected chi connectivity index (χ3v) is 3.47. The molecule has 0 fully saturated rings. The van der Waals surface area contributed by atoms with E-state index in [1.54, 1.807) is 32.2 Å². The number of amides is 1. The summed E-state index contributed by atoms with van der Waals surface area (Å²) in [6.45, 7) is 1.65. The number of carbonyl (C=O) groups is 2. The second-order valence-electron chi connectivity index (χ2n) is 5.01. The summed E-state index contributed by atoms with van der Waals surface area (Å²) < 4.78 is 10.7. The highest BCUT2D eigenvalue weighted by atomic mass is 16.5. The lowest BCUT2D eigenvalue weighted by Gasteiger charge is -2.22. The number of para-hydroxylation sites is 1. The van der Waals surface area contributed by atoms with Crippen LogP contribution in [0.3, 0.4) is 0 Å². The molecule has 5 heteroatoms. The summed E-state index contributed by atoms with van der Waals surface area (Å²) in [5, 5.41) is 0. The zero-order valence-electron chi connectivity index (χ0n) is 13.4. The lowest BCUT2D eigenvalue weighted by molar-refractivity contribution is -0.124. The molecule has 0 spiro atoms. The summed E-state index contributed by atoms with van der Waals surface area (Å²) in [6, 6.07) is 14.2. The summed E-state index contributed by atoms with van der Waals surface area (Å²) in [5.74, 6) is 0.701. The van der Waals surface area contributed by atoms with E-state index in [0.717, 1.165) is 5.69 Å². The lowest BCUT2D eigenvalue weighted by atomic mass is 10.2. The number of likely N-dealkylation sites (N-methyl/N-ethyl adjacent to an activating group) is 1. The Bertz CT molecular complexity index is 685. The molecule has 0 unspecified atom stereocenters. The van der Waals surface area contributed by atoms with E-state index in [9.17, 15) is 9.59 Å². The van der Waals surface area contributed by atoms with Crippen molar-refractivity contribution in [2.75, 3.05) is 19.1 Å². The first kappa shape index (κ1) is 16.5. The van der Waals surface area contributed by atoms with Crippen molar-refractivity contribution in [3.63, 3.8) is 0 Å². The minimum Gasteiger partial charge on any atom is -0.497 e. The number of ether oxygens (including phenoxy) is 2. The third kappa shape index (κ3) is 3.88. The van der Waals surface area contributed by atoms with Crippen LogP contribution in [0.1, 0.15) is 17.3 Å². The molecule has 5 nitrogen and oxygen atoms in total. The maximum Gasteiger partial charge on any atom is 0.267 e. The van der Waals surface area contributed by atoms with E-state index >= 15 is 0 Å². The Morgan fingerprint density at radius 2 is 1.87 bits per heavy atom. The Morgan fingerprint density at radius 3 is 2.48 bits per heavy atom. The number of methoxy groups -OCH3 is 1. The molecule has 1 atom stereocenters. The van der Waals surface area contributed by atoms with E-state index < -0.39 is 6.10 Å². The van der Waals surface area contributed by atoms with Crippen LogP contribution in [-0.4, -0.2) is 32.5 Å². The monoisotopic (exact) mass is 313 g/mol. The van der Waals surface area contributed by atoms with Crippen LogP contribution in [-0.2, 0) is 4.79 Å². The zero-order chi connectivity index (χ0) is 16.8. The van der Waals surface area contributed by atoms with Crippen LogP contribution < -0.4 is 14.4 Å². The molecule has 2 aromatic rings. The number of hydrogen-bond donors (Lipinski definition) is 0. The number of aldehydes is 1. The maximum absolute atomic E-state index is 12.5. The van der Waals surface area contributed by atoms with Crippen molar-refractivity contribution in [1.82, 2.24) is 0 Å². The summed E-state index contributed by atoms with van der Waals surface area (Å²) >= 11 is 0. The van der Waals surface area contributed by atoms with Gasteiger partial charge in [-0.1, -0.05) is 18.2 Å². The van der Waals surface area contributed by atoms with Gasteiger partial charge in [-0.05, 0) is 37.3 Å². The highest BCUT2D eigenvalue weighted by molar-refractivity contribution is 5.96. The molecular weight excluding hydrogens is 294 g/mol. The molecule has 0 saturated carbocycles. The quantitative estimate of drug-likeness (QED) is 0.769. The van der Waals surface area contributed by atoms with Crippen molar-refractivity contribution in [2.24, 2.45) is 0 Å². The van der Waals surface area contributed by atoms with Crippen molar-refractivity contribution in [3.8, 4) is 11.5 Å². The molecule has 0 aromatic heterocycles. The number of anilines is 1. The Balaban J connectivity index is 2.14. The summed E-state index contributed by atoms with van der Waals surface area (Å²) in [5.41, 5.74) is 1.12. The number of rotatable bonds is 6. The SMILES string of the molecule is COc1ccc(O[C@H](C)C(=O)N(C)c2ccccc2)c(C=O)c1. The topological polar surface area (TPSA) is 55.8 Å². The molecule has 0 aliphatic carbocycles. The van der Waals surface area contributed by atoms with Crippen LogP contribution >= 0.6 is 0 Å². The van der Waals surface area contributed by atoms with Crippen molar-refractivity contribution in [3.05, 3.63) is 54.1 Å². The van der Waals surface area contributed by atoms with E-state index in [2.05, 4.69) is 0 Å². The average molecular weight is 313 g/mol. The predicted molar refractivity (Wildman–Crippen MR) is 88.3 cm³/mol. The van der Waals surface area contributed by atoms with Crippen molar-refractivity contribution in [2.45, 2.75) is 13.0 Å². The first-order chi connectivity index (χ1) is 11.1. The van der Waals surface area contributed by atoms with Gasteiger partial charge in [-0.15, -0.1) is 0 Å². The Kier molecular flexibility index (Phi) is 5.36. The fourth-order valence-electron chi connectivity index (χ4n) is 2.15. The van der Waals surface area contributed by atoms with E-state index in [0.29, 0.717) is 23.3 Å². The van der Waals surface area contributed by atoms with E-state index in [-0.39, 0.29) is 5.91 Å². The van der Waals surface area contributed by atoms with Gasteiger partial charge in [0.05, 0.1) is 12.7 Å². The Hall–Kier alpha value is -2.82. The molecule has 0 heterocycles. The van der Waals surface area contributed by atoms with Gasteiger partial charge in [0, 0.05) is 12.7 Å². The van der Waals surface area contributed by atoms with Gasteiger partial charge in [0.1, 0.15) is 11.5 Å². The van der Waals surface area contributed by atoms with Gasteiger partial charge < -0.3 is 14.4 Å². The third-order valence-electron chi connectivity index (χ3n) is 3.47. The number of hydrogen-bond acceptors (Lipinski definition) is 4. The predicted octanol–water partition coefficient (Wildman–Crippen LogP) is 2.94. The summed E-state index contributed by atoms with van der Waals surface area (Å²) in [7, 11) is 3.21. The van der Waals surface area contributed by atoms with Gasteiger partial charge in [0.2, 0.25) is 0 Å². The molecule has 23 heavy (non-hydrogen) atoms. The van der Waals surface area contributed by atoms with E-state index in [1.807, 2.05) is 30.3 Å². The van der Waals surface area contributed by atoms with Crippen molar-refractivity contribution < 1.29 is 19.1 Å². The van der Waals surface area contributed by atoms with E-state index in [1.165, 1.54) is 12.0 Å². The highest BCUT2D eigenvalue weighted by Gasteiger charge is 2.21. The molecule has 1 amide bonds. The fraction of sp³-hybridized carbons (Fsp3) is 0.222. The molecular formula is C18H19NO4. The van der Waals surface area contributed by atoms with Gasteiger partial charge in [-0.25, -0.2) is 0 Å². The van der Waals surface area contributed by atoms with Crippen LogP contribution in [0, 0.1) is 0 Å². The molecule has 2 rings (SSSR count). The van der Waals surface area contributed by atoms with Crippen LogP contribution in [0.4, 0.5) is 5.69 Å². The molecule has 120 valence electrons. The van der Waals surface area contributed by atoms with Gasteiger partial charge in [-0.2, -0.15) is 0 Å². The Labute approximate surface area is 135 Å². The lowest BCUT2D eigenvalue weighted by Crippen LogP contribution is -2.38. The molecule has 0 bridgehead atoms. The van der Waals surface area contributed by atoms with Gasteiger partial charge >= 0.3 is 0 Å². The molecule has 0 aliphatic rings. The average Bonchev–Trinajstić information content (AvgIpc) is 2.61. The normalized spacial score (nSPS) is 11.4. The molecule has 0 aliphatic heterocycles. The van der Waals surface area contributed by atoms with Crippen LogP contribution in [0.5, 0.6) is 11.5 Å². The van der Waals surface area contributed by atoms with Crippen LogP contribution in [0.25, 0.3) is 0 Å². The minimum atomic E-state index is -0.729. The second kappa shape index (κ2) is 7.45. The summed E-state index contributed by atoms with van der Waals surface area (Å²) in [6.07, 6.45) is -0.0528. The van der Waals surface area contributed by atoms with Crippen LogP contribution in [0.2, 0.25) is 0 Å². The van der Waals surface area contributed by atoms with E-state index in [4.69, 9.17) is 9.47 Å². The number of benzene rings is 2. The largest absolute Gasteiger partial charge is 0.497 e. The molecule has 0 N–H and O–H groups in total. The number of nitrogens with zero attached hydrogens (tertiary/aromatic N) is 1. The zero-order valence-corrected chi connectivity index (χ0v) is 13.4. The first-order valence-corrected chi connectivity index (χ1v) is 7.19. The fourth-order valence-corrected chi connectivity index (χ4v) is 2.15. The standard InChI is InChI=1S/C18H19NO4/c1-13(18(21)19(2)15-7-5-4-6-8-15)23-17-10-9-16(22-3)11-14(17)12-20/h4-13H,1-3H3/t13-/m1/s1. The second-order valence-corrected chi connectivity index (χ2v) is 5.01. The summed E-state index contributed by atoms with van der Waals surface area (Å²) in [4.78, 5) is 25.2. The van der Waals surface area contributed by atoms with Crippen LogP contribution in [0.15, 0.2) is 48.5 Å². The molecule has 0 saturated heterocycles. The molecule has 2 aromatic carbocycles.